The lowest BCUT2D eigenvalue weighted by atomic mass is 9.44. The maximum Gasteiger partial charge on any atom is 0.305 e. The molecule has 20 heavy (non-hydrogen) atoms. The molecule has 0 aliphatic heterocycles. The maximum absolute atomic E-state index is 11.0. The first kappa shape index (κ1) is 15.8. The van der Waals surface area contributed by atoms with E-state index in [1.165, 1.54) is 39.2 Å². The van der Waals surface area contributed by atoms with Crippen LogP contribution in [0.15, 0.2) is 0 Å². The van der Waals surface area contributed by atoms with E-state index in [1.54, 1.807) is 0 Å². The number of rotatable bonds is 7. The third kappa shape index (κ3) is 3.19. The van der Waals surface area contributed by atoms with Gasteiger partial charge < -0.3 is 10.5 Å². The van der Waals surface area contributed by atoms with Crippen LogP contribution in [0.4, 0.5) is 0 Å². The highest BCUT2D eigenvalue weighted by Gasteiger charge is 2.56. The molecule has 3 fully saturated rings. The van der Waals surface area contributed by atoms with Crippen molar-refractivity contribution in [2.75, 3.05) is 7.11 Å². The highest BCUT2D eigenvalue weighted by atomic mass is 16.5. The number of hydrogen-bond donors (Lipinski definition) is 1. The SMILES string of the molecule is COC(=O)CCCCCC[C@H]1C2CC(C[C@@H]1N)C2(C)C. The molecule has 0 aromatic heterocycles. The van der Waals surface area contributed by atoms with Gasteiger partial charge in [0.2, 0.25) is 0 Å². The first-order valence-corrected chi connectivity index (χ1v) is 8.29. The average Bonchev–Trinajstić information content (AvgIpc) is 2.43. The minimum atomic E-state index is -0.0819. The number of nitrogens with two attached hydrogens (primary N) is 1. The Bertz CT molecular complexity index is 340. The Morgan fingerprint density at radius 3 is 2.55 bits per heavy atom. The molecule has 0 aromatic carbocycles. The van der Waals surface area contributed by atoms with E-state index < -0.39 is 0 Å². The second-order valence-electron chi connectivity index (χ2n) is 7.45. The molecule has 0 radical (unpaired) electrons. The average molecular weight is 281 g/mol. The van der Waals surface area contributed by atoms with Crippen molar-refractivity contribution in [1.29, 1.82) is 0 Å². The lowest BCUT2D eigenvalue weighted by Gasteiger charge is -2.62. The minimum absolute atomic E-state index is 0.0819. The smallest absolute Gasteiger partial charge is 0.305 e. The van der Waals surface area contributed by atoms with Crippen LogP contribution in [0.3, 0.4) is 0 Å². The van der Waals surface area contributed by atoms with Crippen molar-refractivity contribution < 1.29 is 9.53 Å². The van der Waals surface area contributed by atoms with Crippen LogP contribution in [-0.4, -0.2) is 19.1 Å². The zero-order valence-corrected chi connectivity index (χ0v) is 13.4. The molecule has 3 aliphatic carbocycles. The first-order valence-electron chi connectivity index (χ1n) is 8.29. The molecule has 3 rings (SSSR count). The lowest BCUT2D eigenvalue weighted by molar-refractivity contribution is -0.140. The third-order valence-corrected chi connectivity index (χ3v) is 6.07. The zero-order valence-electron chi connectivity index (χ0n) is 13.4. The zero-order chi connectivity index (χ0) is 14.8. The molecule has 0 amide bonds. The van der Waals surface area contributed by atoms with Crippen LogP contribution in [0.25, 0.3) is 0 Å². The van der Waals surface area contributed by atoms with Gasteiger partial charge in [-0.3, -0.25) is 4.79 Å². The topological polar surface area (TPSA) is 52.3 Å². The second kappa shape index (κ2) is 6.46. The molecule has 3 saturated carbocycles. The Hall–Kier alpha value is -0.570. The van der Waals surface area contributed by atoms with Crippen molar-refractivity contribution in [3.8, 4) is 0 Å². The summed E-state index contributed by atoms with van der Waals surface area (Å²) in [6.07, 6.45) is 9.06. The predicted molar refractivity (Wildman–Crippen MR) is 81.2 cm³/mol. The summed E-state index contributed by atoms with van der Waals surface area (Å²) in [6.45, 7) is 4.86. The van der Waals surface area contributed by atoms with E-state index in [-0.39, 0.29) is 5.97 Å². The number of fused-ring (bicyclic) bond motifs is 2. The van der Waals surface area contributed by atoms with E-state index in [9.17, 15) is 4.79 Å². The van der Waals surface area contributed by atoms with Gasteiger partial charge in [0.05, 0.1) is 7.11 Å². The minimum Gasteiger partial charge on any atom is -0.469 e. The highest BCUT2D eigenvalue weighted by Crippen LogP contribution is 2.61. The number of methoxy groups -OCH3 is 1. The van der Waals surface area contributed by atoms with E-state index in [4.69, 9.17) is 5.73 Å². The molecule has 0 heterocycles. The van der Waals surface area contributed by atoms with Gasteiger partial charge in [-0.1, -0.05) is 33.1 Å². The van der Waals surface area contributed by atoms with E-state index in [2.05, 4.69) is 18.6 Å². The summed E-state index contributed by atoms with van der Waals surface area (Å²) < 4.78 is 4.65. The summed E-state index contributed by atoms with van der Waals surface area (Å²) in [4.78, 5) is 11.0. The maximum atomic E-state index is 11.0. The fourth-order valence-electron chi connectivity index (χ4n) is 4.50. The largest absolute Gasteiger partial charge is 0.469 e. The Morgan fingerprint density at radius 1 is 1.20 bits per heavy atom. The van der Waals surface area contributed by atoms with Crippen molar-refractivity contribution in [3.63, 3.8) is 0 Å². The van der Waals surface area contributed by atoms with Crippen molar-refractivity contribution in [1.82, 2.24) is 0 Å². The first-order chi connectivity index (χ1) is 9.46. The van der Waals surface area contributed by atoms with Gasteiger partial charge in [-0.2, -0.15) is 0 Å². The van der Waals surface area contributed by atoms with Gasteiger partial charge in [-0.15, -0.1) is 0 Å². The standard InChI is InChI=1S/C17H31NO2/c1-17(2)12-10-14(17)13(15(18)11-12)8-6-4-5-7-9-16(19)20-3/h12-15H,4-11,18H2,1-3H3/t12?,13-,14?,15-/m0/s1. The van der Waals surface area contributed by atoms with Crippen LogP contribution in [0, 0.1) is 23.2 Å². The van der Waals surface area contributed by atoms with Gasteiger partial charge in [0.25, 0.3) is 0 Å². The molecule has 3 nitrogen and oxygen atoms in total. The van der Waals surface area contributed by atoms with Crippen molar-refractivity contribution in [3.05, 3.63) is 0 Å². The van der Waals surface area contributed by atoms with Crippen LogP contribution in [0.5, 0.6) is 0 Å². The molecule has 3 aliphatic rings. The summed E-state index contributed by atoms with van der Waals surface area (Å²) in [5.74, 6) is 2.38. The van der Waals surface area contributed by atoms with E-state index in [0.29, 0.717) is 17.9 Å². The van der Waals surface area contributed by atoms with Gasteiger partial charge in [0.15, 0.2) is 0 Å². The summed E-state index contributed by atoms with van der Waals surface area (Å²) in [7, 11) is 1.46. The lowest BCUT2D eigenvalue weighted by Crippen LogP contribution is -2.59. The van der Waals surface area contributed by atoms with E-state index in [0.717, 1.165) is 30.6 Å². The molecular formula is C17H31NO2. The van der Waals surface area contributed by atoms with Crippen molar-refractivity contribution >= 4 is 5.97 Å². The molecule has 2 bridgehead atoms. The molecule has 2 N–H and O–H groups in total. The summed E-state index contributed by atoms with van der Waals surface area (Å²) in [5, 5.41) is 0. The van der Waals surface area contributed by atoms with Gasteiger partial charge in [-0.25, -0.2) is 0 Å². The molecule has 0 aromatic rings. The van der Waals surface area contributed by atoms with E-state index >= 15 is 0 Å². The fourth-order valence-corrected chi connectivity index (χ4v) is 4.50. The Morgan fingerprint density at radius 2 is 1.90 bits per heavy atom. The summed E-state index contributed by atoms with van der Waals surface area (Å²) in [6, 6.07) is 0.432. The predicted octanol–water partition coefficient (Wildman–Crippen LogP) is 3.51. The fraction of sp³-hybridized carbons (Fsp3) is 0.941. The van der Waals surface area contributed by atoms with Crippen LogP contribution >= 0.6 is 0 Å². The van der Waals surface area contributed by atoms with Gasteiger partial charge >= 0.3 is 5.97 Å². The summed E-state index contributed by atoms with van der Waals surface area (Å²) in [5.41, 5.74) is 6.89. The molecular weight excluding hydrogens is 250 g/mol. The van der Waals surface area contributed by atoms with Crippen LogP contribution < -0.4 is 5.73 Å². The number of hydrogen-bond acceptors (Lipinski definition) is 3. The Kier molecular flexibility index (Phi) is 5.11. The van der Waals surface area contributed by atoms with Crippen molar-refractivity contribution in [2.45, 2.75) is 71.3 Å². The monoisotopic (exact) mass is 281 g/mol. The number of carbonyl (C=O) groups is 1. The summed E-state index contributed by atoms with van der Waals surface area (Å²) >= 11 is 0. The number of unbranched alkanes of at least 4 members (excludes halogenated alkanes) is 3. The van der Waals surface area contributed by atoms with Crippen LogP contribution in [0.1, 0.15) is 65.2 Å². The molecule has 2 unspecified atom stereocenters. The number of carbonyl (C=O) groups excluding carboxylic acids is 1. The van der Waals surface area contributed by atoms with E-state index in [1.807, 2.05) is 0 Å². The molecule has 4 atom stereocenters. The van der Waals surface area contributed by atoms with Crippen LogP contribution in [0.2, 0.25) is 0 Å². The Labute approximate surface area is 123 Å². The quantitative estimate of drug-likeness (QED) is 0.574. The normalized spacial score (nSPS) is 34.4. The molecule has 3 heteroatoms. The number of esters is 1. The molecule has 0 saturated heterocycles. The second-order valence-corrected chi connectivity index (χ2v) is 7.45. The highest BCUT2D eigenvalue weighted by molar-refractivity contribution is 5.68. The number of ether oxygens (including phenoxy) is 1. The van der Waals surface area contributed by atoms with Gasteiger partial charge in [-0.05, 0) is 48.9 Å². The third-order valence-electron chi connectivity index (χ3n) is 6.07. The Balaban J connectivity index is 1.63. The van der Waals surface area contributed by atoms with Crippen molar-refractivity contribution in [2.24, 2.45) is 28.9 Å². The van der Waals surface area contributed by atoms with Gasteiger partial charge in [0, 0.05) is 12.5 Å². The van der Waals surface area contributed by atoms with Crippen LogP contribution in [-0.2, 0) is 9.53 Å². The molecule has 0 spiro atoms. The van der Waals surface area contributed by atoms with Gasteiger partial charge in [0.1, 0.15) is 0 Å². The molecule has 116 valence electrons.